The second-order valence-corrected chi connectivity index (χ2v) is 8.06. The van der Waals surface area contributed by atoms with E-state index < -0.39 is 5.60 Å². The minimum Gasteiger partial charge on any atom is -0.368 e. The second-order valence-electron chi connectivity index (χ2n) is 7.68. The van der Waals surface area contributed by atoms with E-state index in [4.69, 9.17) is 21.4 Å². The van der Waals surface area contributed by atoms with Crippen LogP contribution in [0.5, 0.6) is 0 Å². The summed E-state index contributed by atoms with van der Waals surface area (Å²) >= 11 is 6.21. The third kappa shape index (κ3) is 3.05. The van der Waals surface area contributed by atoms with Crippen molar-refractivity contribution in [2.75, 3.05) is 19.7 Å². The summed E-state index contributed by atoms with van der Waals surface area (Å²) in [6.07, 6.45) is 4.38. The van der Waals surface area contributed by atoms with E-state index in [1.165, 1.54) is 5.56 Å². The van der Waals surface area contributed by atoms with Gasteiger partial charge in [-0.3, -0.25) is 9.89 Å². The van der Waals surface area contributed by atoms with Crippen molar-refractivity contribution >= 4 is 17.5 Å². The highest BCUT2D eigenvalue weighted by molar-refractivity contribution is 6.34. The number of carbonyl (C=O) groups is 1. The van der Waals surface area contributed by atoms with Gasteiger partial charge in [0.1, 0.15) is 5.60 Å². The molecule has 1 aromatic carbocycles. The Bertz CT molecular complexity index is 1050. The van der Waals surface area contributed by atoms with Crippen LogP contribution in [0.3, 0.4) is 0 Å². The van der Waals surface area contributed by atoms with Gasteiger partial charge in [-0.15, -0.1) is 0 Å². The lowest BCUT2D eigenvalue weighted by atomic mass is 9.83. The largest absolute Gasteiger partial charge is 0.368 e. The van der Waals surface area contributed by atoms with Crippen molar-refractivity contribution in [3.05, 3.63) is 64.2 Å². The van der Waals surface area contributed by atoms with Crippen molar-refractivity contribution in [2.45, 2.75) is 31.8 Å². The van der Waals surface area contributed by atoms with Crippen LogP contribution in [-0.2, 0) is 16.8 Å². The fraction of sp³-hybridized carbons (Fsp3) is 0.381. The highest BCUT2D eigenvalue weighted by atomic mass is 35.5. The molecule has 2 aromatic heterocycles. The predicted octanol–water partition coefficient (Wildman–Crippen LogP) is 3.26. The summed E-state index contributed by atoms with van der Waals surface area (Å²) in [5.41, 5.74) is 3.83. The van der Waals surface area contributed by atoms with Crippen molar-refractivity contribution in [3.63, 3.8) is 0 Å². The lowest BCUT2D eigenvalue weighted by Gasteiger charge is -2.42. The molecule has 2 aliphatic rings. The Labute approximate surface area is 173 Å². The summed E-state index contributed by atoms with van der Waals surface area (Å²) in [5, 5.41) is 12.1. The maximum Gasteiger partial charge on any atom is 0.275 e. The Balaban J connectivity index is 1.38. The van der Waals surface area contributed by atoms with Crippen LogP contribution in [0.2, 0.25) is 5.02 Å². The molecule has 3 aromatic rings. The number of aromatic nitrogens is 4. The average Bonchev–Trinajstić information content (AvgIpc) is 3.34. The molecule has 1 fully saturated rings. The molecule has 4 heterocycles. The molecule has 7 nitrogen and oxygen atoms in total. The lowest BCUT2D eigenvalue weighted by molar-refractivity contribution is -0.0963. The van der Waals surface area contributed by atoms with Crippen molar-refractivity contribution in [1.82, 2.24) is 24.9 Å². The predicted molar refractivity (Wildman–Crippen MR) is 108 cm³/mol. The first-order valence-corrected chi connectivity index (χ1v) is 10.2. The number of benzene rings is 1. The van der Waals surface area contributed by atoms with Gasteiger partial charge in [0.15, 0.2) is 5.69 Å². The number of para-hydroxylation sites is 1. The van der Waals surface area contributed by atoms with E-state index in [9.17, 15) is 4.79 Å². The van der Waals surface area contributed by atoms with E-state index in [0.29, 0.717) is 48.9 Å². The van der Waals surface area contributed by atoms with Crippen LogP contribution in [0.4, 0.5) is 0 Å². The number of halogens is 1. The number of aromatic amines is 1. The van der Waals surface area contributed by atoms with Crippen LogP contribution >= 0.6 is 11.6 Å². The molecule has 150 valence electrons. The molecule has 0 aliphatic carbocycles. The van der Waals surface area contributed by atoms with Crippen molar-refractivity contribution < 1.29 is 9.53 Å². The number of amides is 1. The summed E-state index contributed by atoms with van der Waals surface area (Å²) in [5.74, 6) is -0.139. The molecule has 1 amide bonds. The highest BCUT2D eigenvalue weighted by Crippen LogP contribution is 2.41. The first kappa shape index (κ1) is 18.4. The topological polar surface area (TPSA) is 76.0 Å². The number of likely N-dealkylation sites (tertiary alicyclic amines) is 1. The van der Waals surface area contributed by atoms with Crippen molar-refractivity contribution in [2.24, 2.45) is 0 Å². The zero-order valence-corrected chi connectivity index (χ0v) is 16.9. The Morgan fingerprint density at radius 2 is 2.00 bits per heavy atom. The van der Waals surface area contributed by atoms with E-state index in [1.54, 1.807) is 11.8 Å². The normalized spacial score (nSPS) is 18.1. The van der Waals surface area contributed by atoms with Crippen molar-refractivity contribution in [1.29, 1.82) is 0 Å². The van der Waals surface area contributed by atoms with Gasteiger partial charge in [-0.05, 0) is 43.9 Å². The zero-order chi connectivity index (χ0) is 20.0. The zero-order valence-electron chi connectivity index (χ0n) is 16.2. The summed E-state index contributed by atoms with van der Waals surface area (Å²) < 4.78 is 8.22. The molecule has 1 saturated heterocycles. The van der Waals surface area contributed by atoms with E-state index >= 15 is 0 Å². The van der Waals surface area contributed by atoms with Crippen LogP contribution < -0.4 is 0 Å². The molecule has 8 heteroatoms. The lowest BCUT2D eigenvalue weighted by Crippen LogP contribution is -2.48. The second kappa shape index (κ2) is 7.00. The number of rotatable bonds is 2. The number of nitrogens with zero attached hydrogens (tertiary/aromatic N) is 4. The molecule has 2 aliphatic heterocycles. The maximum atomic E-state index is 12.8. The molecule has 1 spiro atoms. The van der Waals surface area contributed by atoms with Gasteiger partial charge in [-0.2, -0.15) is 10.2 Å². The number of ether oxygens (including phenoxy) is 1. The summed E-state index contributed by atoms with van der Waals surface area (Å²) in [6, 6.07) is 10.1. The summed E-state index contributed by atoms with van der Waals surface area (Å²) in [6.45, 7) is 3.64. The summed E-state index contributed by atoms with van der Waals surface area (Å²) in [4.78, 5) is 14.6. The van der Waals surface area contributed by atoms with Gasteiger partial charge in [0.05, 0.1) is 28.7 Å². The number of aryl methyl sites for hydroxylation is 1. The number of carbonyl (C=O) groups excluding carboxylic acids is 1. The van der Waals surface area contributed by atoms with Gasteiger partial charge in [0.2, 0.25) is 0 Å². The Kier molecular flexibility index (Phi) is 4.44. The molecule has 0 atom stereocenters. The molecule has 0 saturated carbocycles. The molecule has 5 rings (SSSR count). The van der Waals surface area contributed by atoms with Gasteiger partial charge in [-0.25, -0.2) is 4.68 Å². The van der Waals surface area contributed by atoms with Gasteiger partial charge in [-0.1, -0.05) is 29.8 Å². The molecule has 0 bridgehead atoms. The molecular formula is C21H22ClN5O2. The van der Waals surface area contributed by atoms with E-state index in [0.717, 1.165) is 17.8 Å². The Morgan fingerprint density at radius 1 is 1.24 bits per heavy atom. The smallest absolute Gasteiger partial charge is 0.275 e. The molecule has 29 heavy (non-hydrogen) atoms. The number of hydrogen-bond donors (Lipinski definition) is 1. The minimum atomic E-state index is -0.435. The fourth-order valence-electron chi connectivity index (χ4n) is 4.27. The third-order valence-electron chi connectivity index (χ3n) is 5.93. The van der Waals surface area contributed by atoms with Crippen molar-refractivity contribution in [3.8, 4) is 5.69 Å². The van der Waals surface area contributed by atoms with Crippen LogP contribution in [0.15, 0.2) is 36.5 Å². The quantitative estimate of drug-likeness (QED) is 0.702. The van der Waals surface area contributed by atoms with Gasteiger partial charge in [0.25, 0.3) is 5.91 Å². The molecule has 0 radical (unpaired) electrons. The van der Waals surface area contributed by atoms with E-state index in [-0.39, 0.29) is 5.91 Å². The summed E-state index contributed by atoms with van der Waals surface area (Å²) in [7, 11) is 0. The highest BCUT2D eigenvalue weighted by Gasteiger charge is 2.44. The number of piperidine rings is 1. The number of fused-ring (bicyclic) bond motifs is 2. The third-order valence-corrected chi connectivity index (χ3v) is 6.39. The Hall–Kier alpha value is -2.64. The molecular weight excluding hydrogens is 390 g/mol. The Morgan fingerprint density at radius 3 is 2.69 bits per heavy atom. The maximum absolute atomic E-state index is 12.8. The first-order valence-electron chi connectivity index (χ1n) is 9.85. The number of hydrogen-bond acceptors (Lipinski definition) is 4. The fourth-order valence-corrected chi connectivity index (χ4v) is 4.44. The van der Waals surface area contributed by atoms with Crippen LogP contribution in [0, 0.1) is 6.92 Å². The first-order chi connectivity index (χ1) is 14.1. The van der Waals surface area contributed by atoms with Gasteiger partial charge >= 0.3 is 0 Å². The minimum absolute atomic E-state index is 0.139. The molecule has 0 unspecified atom stereocenters. The van der Waals surface area contributed by atoms with Gasteiger partial charge < -0.3 is 9.64 Å². The van der Waals surface area contributed by atoms with Crippen LogP contribution in [-0.4, -0.2) is 50.5 Å². The number of nitrogens with one attached hydrogen (secondary N) is 1. The average molecular weight is 412 g/mol. The van der Waals surface area contributed by atoms with E-state index in [2.05, 4.69) is 16.4 Å². The van der Waals surface area contributed by atoms with E-state index in [1.807, 2.05) is 35.0 Å². The van der Waals surface area contributed by atoms with Crippen LogP contribution in [0.1, 0.15) is 40.3 Å². The number of H-pyrrole nitrogens is 1. The SMILES string of the molecule is Cc1[nH]nc(C(=O)N2CCC3(CC2)OCCc2cn(-c4ccccc4)nc23)c1Cl. The van der Waals surface area contributed by atoms with Crippen LogP contribution in [0.25, 0.3) is 5.69 Å². The van der Waals surface area contributed by atoms with Gasteiger partial charge in [0, 0.05) is 19.3 Å². The standard InChI is InChI=1S/C21H22ClN5O2/c1-14-17(22)18(24-23-14)20(28)26-10-8-21(9-11-26)19-15(7-12-29-21)13-27(25-19)16-5-3-2-4-6-16/h2-6,13H,7-12H2,1H3,(H,23,24). The molecule has 1 N–H and O–H groups in total. The monoisotopic (exact) mass is 411 g/mol.